The highest BCUT2D eigenvalue weighted by molar-refractivity contribution is 5.99. The van der Waals surface area contributed by atoms with Gasteiger partial charge in [-0.15, -0.1) is 0 Å². The van der Waals surface area contributed by atoms with Crippen molar-refractivity contribution in [1.29, 1.82) is 0 Å². The minimum atomic E-state index is -0.124. The van der Waals surface area contributed by atoms with Crippen LogP contribution in [0.2, 0.25) is 0 Å². The van der Waals surface area contributed by atoms with Gasteiger partial charge >= 0.3 is 6.03 Å². The molecule has 2 N–H and O–H groups in total. The highest BCUT2D eigenvalue weighted by atomic mass is 16.2. The van der Waals surface area contributed by atoms with Crippen molar-refractivity contribution in [3.05, 3.63) is 29.3 Å². The molecule has 4 rings (SSSR count). The summed E-state index contributed by atoms with van der Waals surface area (Å²) in [6.07, 6.45) is 0.502. The summed E-state index contributed by atoms with van der Waals surface area (Å²) in [5.41, 5.74) is 2.33. The summed E-state index contributed by atoms with van der Waals surface area (Å²) in [4.78, 5) is 39.6. The lowest BCUT2D eigenvalue weighted by molar-refractivity contribution is -0.119. The topological polar surface area (TPSA) is 81.8 Å². The van der Waals surface area contributed by atoms with Crippen LogP contribution in [0.3, 0.4) is 0 Å². The number of carbonyl (C=O) groups is 3. The number of nitrogens with one attached hydrogen (secondary N) is 2. The van der Waals surface area contributed by atoms with Gasteiger partial charge in [0, 0.05) is 49.8 Å². The molecule has 4 amide bonds. The predicted molar refractivity (Wildman–Crippen MR) is 87.9 cm³/mol. The summed E-state index contributed by atoms with van der Waals surface area (Å²) in [6.45, 7) is 4.33. The Balaban J connectivity index is 1.55. The summed E-state index contributed by atoms with van der Waals surface area (Å²) in [7, 11) is 0. The van der Waals surface area contributed by atoms with Crippen molar-refractivity contribution in [2.45, 2.75) is 19.4 Å². The van der Waals surface area contributed by atoms with Crippen molar-refractivity contribution in [3.8, 4) is 0 Å². The summed E-state index contributed by atoms with van der Waals surface area (Å²) in [5.74, 6) is 0.255. The number of anilines is 1. The number of urea groups is 1. The van der Waals surface area contributed by atoms with Crippen LogP contribution in [0.1, 0.15) is 22.3 Å². The molecule has 1 aromatic carbocycles. The first-order chi connectivity index (χ1) is 11.5. The number of likely N-dealkylation sites (tertiary alicyclic amines) is 1. The van der Waals surface area contributed by atoms with Crippen LogP contribution in [0.4, 0.5) is 10.5 Å². The van der Waals surface area contributed by atoms with E-state index in [9.17, 15) is 14.4 Å². The van der Waals surface area contributed by atoms with Crippen LogP contribution in [-0.4, -0.2) is 55.0 Å². The first-order valence-corrected chi connectivity index (χ1v) is 8.27. The molecule has 7 heteroatoms. The van der Waals surface area contributed by atoms with Gasteiger partial charge in [-0.2, -0.15) is 0 Å². The van der Waals surface area contributed by atoms with Gasteiger partial charge in [-0.05, 0) is 24.6 Å². The second-order valence-electron chi connectivity index (χ2n) is 6.73. The van der Waals surface area contributed by atoms with Crippen molar-refractivity contribution in [2.24, 2.45) is 5.92 Å². The number of hydrogen-bond acceptors (Lipinski definition) is 3. The van der Waals surface area contributed by atoms with E-state index in [1.807, 2.05) is 19.1 Å². The molecule has 1 aromatic rings. The van der Waals surface area contributed by atoms with E-state index < -0.39 is 0 Å². The summed E-state index contributed by atoms with van der Waals surface area (Å²) in [5, 5.41) is 5.71. The Bertz CT molecular complexity index is 717. The Morgan fingerprint density at radius 2 is 2.08 bits per heavy atom. The minimum Gasteiger partial charge on any atom is -0.351 e. The summed E-state index contributed by atoms with van der Waals surface area (Å²) < 4.78 is 0. The van der Waals surface area contributed by atoms with Crippen molar-refractivity contribution in [3.63, 3.8) is 0 Å². The monoisotopic (exact) mass is 328 g/mol. The molecule has 0 saturated carbocycles. The quantitative estimate of drug-likeness (QED) is 0.829. The van der Waals surface area contributed by atoms with Crippen LogP contribution >= 0.6 is 0 Å². The molecule has 3 saturated heterocycles. The van der Waals surface area contributed by atoms with Crippen LogP contribution in [0.5, 0.6) is 0 Å². The number of aryl methyl sites for hydroxylation is 1. The molecule has 3 fully saturated rings. The fourth-order valence-corrected chi connectivity index (χ4v) is 3.83. The SMILES string of the molecule is Cc1ccc(C(=O)N2C[C@@H]3CC(=O)N[C@@H]3C2)cc1N1CCNC1=O. The van der Waals surface area contributed by atoms with E-state index in [1.54, 1.807) is 15.9 Å². The zero-order valence-electron chi connectivity index (χ0n) is 13.5. The Hall–Kier alpha value is -2.57. The van der Waals surface area contributed by atoms with Crippen LogP contribution in [0.25, 0.3) is 0 Å². The summed E-state index contributed by atoms with van der Waals surface area (Å²) >= 11 is 0. The van der Waals surface area contributed by atoms with Gasteiger partial charge in [0.25, 0.3) is 5.91 Å². The fourth-order valence-electron chi connectivity index (χ4n) is 3.83. The molecule has 126 valence electrons. The molecule has 0 unspecified atom stereocenters. The second-order valence-corrected chi connectivity index (χ2v) is 6.73. The second kappa shape index (κ2) is 5.51. The number of rotatable bonds is 2. The van der Waals surface area contributed by atoms with Gasteiger partial charge in [0.05, 0.1) is 6.04 Å². The van der Waals surface area contributed by atoms with E-state index in [0.29, 0.717) is 38.2 Å². The number of benzene rings is 1. The maximum Gasteiger partial charge on any atom is 0.322 e. The minimum absolute atomic E-state index is 0.0421. The van der Waals surface area contributed by atoms with Crippen molar-refractivity contribution in [2.75, 3.05) is 31.1 Å². The van der Waals surface area contributed by atoms with Crippen LogP contribution in [-0.2, 0) is 4.79 Å². The smallest absolute Gasteiger partial charge is 0.322 e. The molecule has 0 bridgehead atoms. The van der Waals surface area contributed by atoms with Gasteiger partial charge in [0.15, 0.2) is 0 Å². The van der Waals surface area contributed by atoms with Gasteiger partial charge in [0.1, 0.15) is 0 Å². The number of nitrogens with zero attached hydrogens (tertiary/aromatic N) is 2. The molecule has 24 heavy (non-hydrogen) atoms. The third-order valence-corrected chi connectivity index (χ3v) is 5.13. The Morgan fingerprint density at radius 3 is 2.79 bits per heavy atom. The Labute approximate surface area is 140 Å². The highest BCUT2D eigenvalue weighted by Crippen LogP contribution is 2.28. The van der Waals surface area contributed by atoms with Crippen LogP contribution in [0, 0.1) is 12.8 Å². The predicted octanol–water partition coefficient (Wildman–Crippen LogP) is 0.485. The van der Waals surface area contributed by atoms with Gasteiger partial charge in [0.2, 0.25) is 5.91 Å². The molecule has 0 aliphatic carbocycles. The third kappa shape index (κ3) is 2.40. The van der Waals surface area contributed by atoms with E-state index >= 15 is 0 Å². The highest BCUT2D eigenvalue weighted by Gasteiger charge is 2.41. The number of amides is 4. The van der Waals surface area contributed by atoms with Gasteiger partial charge in [-0.1, -0.05) is 6.07 Å². The average molecular weight is 328 g/mol. The molecule has 2 atom stereocenters. The zero-order chi connectivity index (χ0) is 16.8. The Morgan fingerprint density at radius 1 is 1.25 bits per heavy atom. The average Bonchev–Trinajstić information content (AvgIpc) is 3.21. The van der Waals surface area contributed by atoms with Gasteiger partial charge in [-0.3, -0.25) is 14.5 Å². The fraction of sp³-hybridized carbons (Fsp3) is 0.471. The lowest BCUT2D eigenvalue weighted by atomic mass is 10.1. The largest absolute Gasteiger partial charge is 0.351 e. The van der Waals surface area contributed by atoms with E-state index in [-0.39, 0.29) is 29.8 Å². The van der Waals surface area contributed by atoms with Crippen molar-refractivity contribution < 1.29 is 14.4 Å². The first kappa shape index (κ1) is 15.0. The molecule has 0 aromatic heterocycles. The van der Waals surface area contributed by atoms with Crippen LogP contribution in [0.15, 0.2) is 18.2 Å². The van der Waals surface area contributed by atoms with E-state index in [0.717, 1.165) is 11.3 Å². The van der Waals surface area contributed by atoms with E-state index in [4.69, 9.17) is 0 Å². The molecular formula is C17H20N4O3. The third-order valence-electron chi connectivity index (χ3n) is 5.13. The number of carbonyl (C=O) groups excluding carboxylic acids is 3. The first-order valence-electron chi connectivity index (χ1n) is 8.27. The maximum atomic E-state index is 12.8. The standard InChI is InChI=1S/C17H20N4O3/c1-10-2-3-11(6-14(10)21-5-4-18-17(21)24)16(23)20-8-12-7-15(22)19-13(12)9-20/h2-3,6,12-13H,4-5,7-9H2,1H3,(H,18,24)(H,19,22)/t12-,13+/m0/s1. The number of fused-ring (bicyclic) bond motifs is 1. The lowest BCUT2D eigenvalue weighted by Crippen LogP contribution is -2.35. The van der Waals surface area contributed by atoms with Gasteiger partial charge < -0.3 is 15.5 Å². The molecule has 3 heterocycles. The molecule has 0 spiro atoms. The lowest BCUT2D eigenvalue weighted by Gasteiger charge is -2.21. The van der Waals surface area contributed by atoms with Crippen molar-refractivity contribution in [1.82, 2.24) is 15.5 Å². The zero-order valence-corrected chi connectivity index (χ0v) is 13.5. The van der Waals surface area contributed by atoms with Crippen molar-refractivity contribution >= 4 is 23.5 Å². The molecule has 0 radical (unpaired) electrons. The molecular weight excluding hydrogens is 308 g/mol. The maximum absolute atomic E-state index is 12.8. The number of hydrogen-bond donors (Lipinski definition) is 2. The molecule has 3 aliphatic heterocycles. The summed E-state index contributed by atoms with van der Waals surface area (Å²) in [6, 6.07) is 5.45. The molecule has 7 nitrogen and oxygen atoms in total. The Kier molecular flexibility index (Phi) is 3.44. The van der Waals surface area contributed by atoms with E-state index in [1.165, 1.54) is 0 Å². The molecule has 3 aliphatic rings. The van der Waals surface area contributed by atoms with Crippen LogP contribution < -0.4 is 15.5 Å². The van der Waals surface area contributed by atoms with Gasteiger partial charge in [-0.25, -0.2) is 4.79 Å². The van der Waals surface area contributed by atoms with E-state index in [2.05, 4.69) is 10.6 Å². The normalized spacial score (nSPS) is 25.7.